The summed E-state index contributed by atoms with van der Waals surface area (Å²) < 4.78 is 0.731. The second-order valence-corrected chi connectivity index (χ2v) is 3.37. The molecule has 1 fully saturated rings. The van der Waals surface area contributed by atoms with Gasteiger partial charge >= 0.3 is 0 Å². The average molecular weight is 215 g/mol. The molecule has 1 aliphatic carbocycles. The van der Waals surface area contributed by atoms with Crippen LogP contribution in [0.2, 0.25) is 0 Å². The van der Waals surface area contributed by atoms with Crippen molar-refractivity contribution in [2.45, 2.75) is 18.8 Å². The molecule has 5 heteroatoms. The lowest BCUT2D eigenvalue weighted by molar-refractivity contribution is 0.883. The van der Waals surface area contributed by atoms with E-state index in [1.807, 2.05) is 0 Å². The third-order valence-electron chi connectivity index (χ3n) is 1.65. The summed E-state index contributed by atoms with van der Waals surface area (Å²) in [7, 11) is 0. The van der Waals surface area contributed by atoms with Crippen LogP contribution in [-0.2, 0) is 0 Å². The number of halogens is 1. The number of nitrogen functional groups attached to an aromatic ring is 1. The fourth-order valence-electron chi connectivity index (χ4n) is 0.955. The van der Waals surface area contributed by atoms with Crippen LogP contribution < -0.4 is 5.73 Å². The Morgan fingerprint density at radius 1 is 1.36 bits per heavy atom. The minimum Gasteiger partial charge on any atom is -0.366 e. The highest BCUT2D eigenvalue weighted by molar-refractivity contribution is 9.10. The molecule has 0 spiro atoms. The van der Waals surface area contributed by atoms with Gasteiger partial charge in [0.15, 0.2) is 4.60 Å². The number of rotatable bonds is 1. The molecule has 58 valence electrons. The first-order valence-electron chi connectivity index (χ1n) is 3.43. The quantitative estimate of drug-likeness (QED) is 0.761. The summed E-state index contributed by atoms with van der Waals surface area (Å²) in [6, 6.07) is 0. The van der Waals surface area contributed by atoms with Gasteiger partial charge in [0.25, 0.3) is 0 Å². The smallest absolute Gasteiger partial charge is 0.240 e. The van der Waals surface area contributed by atoms with Gasteiger partial charge in [-0.05, 0) is 28.8 Å². The molecule has 1 aromatic rings. The van der Waals surface area contributed by atoms with Crippen molar-refractivity contribution in [2.24, 2.45) is 0 Å². The summed E-state index contributed by atoms with van der Waals surface area (Å²) >= 11 is 3.28. The van der Waals surface area contributed by atoms with Crippen LogP contribution >= 0.6 is 15.9 Å². The second-order valence-electron chi connectivity index (χ2n) is 2.62. The first kappa shape index (κ1) is 6.97. The molecule has 11 heavy (non-hydrogen) atoms. The third kappa shape index (κ3) is 1.33. The van der Waals surface area contributed by atoms with Crippen LogP contribution in [0.15, 0.2) is 4.60 Å². The first-order valence-corrected chi connectivity index (χ1v) is 4.22. The van der Waals surface area contributed by atoms with E-state index in [2.05, 4.69) is 31.1 Å². The fourth-order valence-corrected chi connectivity index (χ4v) is 1.45. The van der Waals surface area contributed by atoms with Crippen molar-refractivity contribution in [3.8, 4) is 0 Å². The molecular weight excluding hydrogens is 208 g/mol. The van der Waals surface area contributed by atoms with E-state index in [0.29, 0.717) is 5.92 Å². The van der Waals surface area contributed by atoms with Crippen LogP contribution in [0.4, 0.5) is 5.95 Å². The highest BCUT2D eigenvalue weighted by atomic mass is 79.9. The molecule has 0 unspecified atom stereocenters. The van der Waals surface area contributed by atoms with E-state index in [-0.39, 0.29) is 5.95 Å². The Bertz CT molecular complexity index is 284. The molecule has 0 bridgehead atoms. The second kappa shape index (κ2) is 2.41. The molecule has 1 aliphatic rings. The normalized spacial score (nSPS) is 16.8. The Morgan fingerprint density at radius 3 is 2.73 bits per heavy atom. The average Bonchev–Trinajstić information content (AvgIpc) is 2.76. The molecule has 0 radical (unpaired) electrons. The molecule has 1 heterocycles. The van der Waals surface area contributed by atoms with E-state index in [0.717, 1.165) is 10.3 Å². The molecular formula is C6H7BrN4. The zero-order chi connectivity index (χ0) is 7.84. The van der Waals surface area contributed by atoms with E-state index >= 15 is 0 Å². The van der Waals surface area contributed by atoms with Gasteiger partial charge in [-0.2, -0.15) is 0 Å². The van der Waals surface area contributed by atoms with Crippen LogP contribution in [0.1, 0.15) is 24.5 Å². The maximum atomic E-state index is 5.39. The Morgan fingerprint density at radius 2 is 2.09 bits per heavy atom. The van der Waals surface area contributed by atoms with Crippen molar-refractivity contribution in [2.75, 3.05) is 5.73 Å². The zero-order valence-electron chi connectivity index (χ0n) is 5.79. The predicted octanol–water partition coefficient (Wildman–Crippen LogP) is 1.09. The molecule has 1 saturated carbocycles. The van der Waals surface area contributed by atoms with Crippen LogP contribution in [0, 0.1) is 0 Å². The minimum absolute atomic E-state index is 0.259. The lowest BCUT2D eigenvalue weighted by Gasteiger charge is -1.98. The Balaban J connectivity index is 2.42. The van der Waals surface area contributed by atoms with Crippen molar-refractivity contribution >= 4 is 21.9 Å². The molecule has 2 rings (SSSR count). The van der Waals surface area contributed by atoms with Crippen molar-refractivity contribution in [1.29, 1.82) is 0 Å². The van der Waals surface area contributed by atoms with Gasteiger partial charge < -0.3 is 5.73 Å². The fraction of sp³-hybridized carbons (Fsp3) is 0.500. The van der Waals surface area contributed by atoms with E-state index in [9.17, 15) is 0 Å². The number of anilines is 1. The summed E-state index contributed by atoms with van der Waals surface area (Å²) in [5.41, 5.74) is 6.34. The van der Waals surface area contributed by atoms with Crippen LogP contribution in [-0.4, -0.2) is 15.2 Å². The number of aromatic nitrogens is 3. The summed E-state index contributed by atoms with van der Waals surface area (Å²) in [5, 5.41) is 7.44. The number of nitrogens with two attached hydrogens (primary N) is 1. The molecule has 4 nitrogen and oxygen atoms in total. The highest BCUT2D eigenvalue weighted by Crippen LogP contribution is 2.41. The van der Waals surface area contributed by atoms with Crippen molar-refractivity contribution in [3.63, 3.8) is 0 Å². The van der Waals surface area contributed by atoms with Crippen molar-refractivity contribution < 1.29 is 0 Å². The third-order valence-corrected chi connectivity index (χ3v) is 2.22. The van der Waals surface area contributed by atoms with Gasteiger partial charge in [-0.15, -0.1) is 10.2 Å². The van der Waals surface area contributed by atoms with E-state index in [1.54, 1.807) is 0 Å². The monoisotopic (exact) mass is 214 g/mol. The van der Waals surface area contributed by atoms with Gasteiger partial charge in [0, 0.05) is 5.92 Å². The Kier molecular flexibility index (Phi) is 1.52. The van der Waals surface area contributed by atoms with Gasteiger partial charge in [-0.1, -0.05) is 0 Å². The zero-order valence-corrected chi connectivity index (χ0v) is 7.37. The van der Waals surface area contributed by atoms with Gasteiger partial charge in [0.2, 0.25) is 5.95 Å². The lowest BCUT2D eigenvalue weighted by atomic mass is 10.3. The van der Waals surface area contributed by atoms with E-state index in [4.69, 9.17) is 5.73 Å². The summed E-state index contributed by atoms with van der Waals surface area (Å²) in [6.45, 7) is 0. The molecule has 1 aromatic heterocycles. The van der Waals surface area contributed by atoms with Gasteiger partial charge in [-0.3, -0.25) is 0 Å². The molecule has 0 atom stereocenters. The lowest BCUT2D eigenvalue weighted by Crippen LogP contribution is -2.01. The first-order chi connectivity index (χ1) is 5.27. The molecule has 2 N–H and O–H groups in total. The predicted molar refractivity (Wildman–Crippen MR) is 43.9 cm³/mol. The Labute approximate surface area is 72.4 Å². The summed E-state index contributed by atoms with van der Waals surface area (Å²) in [5.74, 6) is 0.817. The number of hydrogen-bond donors (Lipinski definition) is 1. The van der Waals surface area contributed by atoms with Crippen LogP contribution in [0.3, 0.4) is 0 Å². The Hall–Kier alpha value is -0.710. The highest BCUT2D eigenvalue weighted by Gasteiger charge is 2.28. The van der Waals surface area contributed by atoms with Gasteiger partial charge in [0.1, 0.15) is 0 Å². The van der Waals surface area contributed by atoms with Crippen molar-refractivity contribution in [3.05, 3.63) is 10.3 Å². The maximum Gasteiger partial charge on any atom is 0.240 e. The van der Waals surface area contributed by atoms with E-state index in [1.165, 1.54) is 12.8 Å². The van der Waals surface area contributed by atoms with Crippen LogP contribution in [0.5, 0.6) is 0 Å². The topological polar surface area (TPSA) is 64.7 Å². The van der Waals surface area contributed by atoms with Gasteiger partial charge in [-0.25, -0.2) is 4.98 Å². The maximum absolute atomic E-state index is 5.39. The molecule has 0 aromatic carbocycles. The minimum atomic E-state index is 0.259. The standard InChI is InChI=1S/C6H7BrN4/c7-5-4(3-1-2-3)9-6(8)11-10-5/h3H,1-2H2,(H2,8,9,11). The summed E-state index contributed by atoms with van der Waals surface area (Å²) in [6.07, 6.45) is 2.38. The molecule has 0 amide bonds. The SMILES string of the molecule is Nc1nnc(Br)c(C2CC2)n1. The summed E-state index contributed by atoms with van der Waals surface area (Å²) in [4.78, 5) is 4.09. The van der Waals surface area contributed by atoms with Gasteiger partial charge in [0.05, 0.1) is 5.69 Å². The van der Waals surface area contributed by atoms with E-state index < -0.39 is 0 Å². The number of nitrogens with zero attached hydrogens (tertiary/aromatic N) is 3. The largest absolute Gasteiger partial charge is 0.366 e. The van der Waals surface area contributed by atoms with Crippen molar-refractivity contribution in [1.82, 2.24) is 15.2 Å². The molecule has 0 saturated heterocycles. The molecule has 0 aliphatic heterocycles. The number of hydrogen-bond acceptors (Lipinski definition) is 4. The van der Waals surface area contributed by atoms with Crippen LogP contribution in [0.25, 0.3) is 0 Å².